The van der Waals surface area contributed by atoms with Crippen molar-refractivity contribution in [2.24, 2.45) is 0 Å². The van der Waals surface area contributed by atoms with Gasteiger partial charge in [-0.15, -0.1) is 11.3 Å². The Bertz CT molecular complexity index is 1560. The van der Waals surface area contributed by atoms with E-state index in [9.17, 15) is 13.6 Å². The number of hydrogen-bond donors (Lipinski definition) is 3. The lowest BCUT2D eigenvalue weighted by molar-refractivity contribution is 0.196. The predicted octanol–water partition coefficient (Wildman–Crippen LogP) is 6.39. The topological polar surface area (TPSA) is 98.3 Å². The van der Waals surface area contributed by atoms with Crippen molar-refractivity contribution in [2.45, 2.75) is 25.8 Å². The fourth-order valence-corrected chi connectivity index (χ4v) is 5.23. The molecule has 4 aromatic rings. The van der Waals surface area contributed by atoms with E-state index in [-0.39, 0.29) is 12.1 Å². The average molecular weight is 591 g/mol. The maximum atomic E-state index is 14.2. The highest BCUT2D eigenvalue weighted by Gasteiger charge is 2.24. The molecule has 1 saturated heterocycles. The molecule has 1 fully saturated rings. The predicted molar refractivity (Wildman–Crippen MR) is 165 cm³/mol. The van der Waals surface area contributed by atoms with E-state index >= 15 is 0 Å². The quantitative estimate of drug-likeness (QED) is 0.219. The first-order valence-corrected chi connectivity index (χ1v) is 14.4. The summed E-state index contributed by atoms with van der Waals surface area (Å²) in [6, 6.07) is 13.0. The second-order valence-corrected chi connectivity index (χ2v) is 11.1. The van der Waals surface area contributed by atoms with Gasteiger partial charge in [-0.1, -0.05) is 0 Å². The summed E-state index contributed by atoms with van der Waals surface area (Å²) in [5.41, 5.74) is 4.10. The largest absolute Gasteiger partial charge is 0.378 e. The van der Waals surface area contributed by atoms with Gasteiger partial charge in [0.2, 0.25) is 5.95 Å². The molecule has 0 radical (unpaired) electrons. The van der Waals surface area contributed by atoms with Crippen molar-refractivity contribution < 1.29 is 13.6 Å². The minimum absolute atomic E-state index is 0.0424. The smallest absolute Gasteiger partial charge is 0.321 e. The number of nitrogens with one attached hydrogen (secondary N) is 3. The fraction of sp³-hybridized carbons (Fsp3) is 0.267. The van der Waals surface area contributed by atoms with Crippen LogP contribution in [-0.4, -0.2) is 59.1 Å². The molecule has 5 rings (SSSR count). The van der Waals surface area contributed by atoms with Gasteiger partial charge in [0.1, 0.15) is 0 Å². The number of benzene rings is 2. The summed E-state index contributed by atoms with van der Waals surface area (Å²) in [4.78, 5) is 30.2. The number of rotatable bonds is 8. The third-order valence-electron chi connectivity index (χ3n) is 6.96. The molecule has 12 heteroatoms. The van der Waals surface area contributed by atoms with Crippen molar-refractivity contribution >= 4 is 51.1 Å². The van der Waals surface area contributed by atoms with Crippen molar-refractivity contribution in [1.82, 2.24) is 19.9 Å². The number of likely N-dealkylation sites (tertiary alicyclic amines) is 1. The minimum atomic E-state index is -0.944. The van der Waals surface area contributed by atoms with Crippen molar-refractivity contribution in [3.63, 3.8) is 0 Å². The van der Waals surface area contributed by atoms with Gasteiger partial charge < -0.3 is 25.8 Å². The highest BCUT2D eigenvalue weighted by Crippen LogP contribution is 2.29. The Hall–Kier alpha value is -4.58. The fourth-order valence-electron chi connectivity index (χ4n) is 4.70. The zero-order chi connectivity index (χ0) is 29.6. The van der Waals surface area contributed by atoms with E-state index in [1.807, 2.05) is 55.6 Å². The molecule has 0 bridgehead atoms. The average Bonchev–Trinajstić information content (AvgIpc) is 3.51. The van der Waals surface area contributed by atoms with Crippen molar-refractivity contribution in [1.29, 1.82) is 0 Å². The summed E-state index contributed by atoms with van der Waals surface area (Å²) in [6.07, 6.45) is 4.99. The van der Waals surface area contributed by atoms with Crippen LogP contribution in [0.5, 0.6) is 0 Å². The van der Waals surface area contributed by atoms with Crippen molar-refractivity contribution in [3.8, 4) is 0 Å². The van der Waals surface area contributed by atoms with Crippen LogP contribution in [0.1, 0.15) is 31.0 Å². The number of anilines is 4. The number of aromatic nitrogens is 3. The van der Waals surface area contributed by atoms with Gasteiger partial charge in [0.05, 0.1) is 11.4 Å². The maximum Gasteiger partial charge on any atom is 0.321 e. The van der Waals surface area contributed by atoms with Crippen LogP contribution < -0.4 is 20.9 Å². The van der Waals surface area contributed by atoms with Gasteiger partial charge in [-0.3, -0.25) is 0 Å². The van der Waals surface area contributed by atoms with Crippen LogP contribution in [0.3, 0.4) is 0 Å². The SMILES string of the molecule is C/C(=C(\Nc1nccs1)c1ccc(F)c(F)c1)c1ccnc(N[C@@H]2CCCN(C(=O)Nc3ccc(N(C)C)cc3)C2)n1. The van der Waals surface area contributed by atoms with Crippen LogP contribution in [0.25, 0.3) is 11.3 Å². The van der Waals surface area contributed by atoms with Gasteiger partial charge in [0.15, 0.2) is 16.8 Å². The molecule has 2 aromatic carbocycles. The highest BCUT2D eigenvalue weighted by atomic mass is 32.1. The van der Waals surface area contributed by atoms with Crippen LogP contribution in [0, 0.1) is 11.6 Å². The Morgan fingerprint density at radius 2 is 1.83 bits per heavy atom. The molecule has 0 aliphatic carbocycles. The van der Waals surface area contributed by atoms with Gasteiger partial charge in [0, 0.05) is 67.9 Å². The standard InChI is InChI=1S/C30H32F2N8OS/c1-19(27(38-29-34-14-16-42-29)20-6-11-24(31)25(32)17-20)26-12-13-33-28(37-26)35-22-5-4-15-40(18-22)30(41)36-21-7-9-23(10-8-21)39(2)3/h6-14,16-17,22H,4-5,15,18H2,1-3H3,(H,34,38)(H,36,41)(H,33,35,37)/b27-19+/t22-/m1/s1. The highest BCUT2D eigenvalue weighted by molar-refractivity contribution is 7.13. The van der Waals surface area contributed by atoms with E-state index in [1.165, 1.54) is 17.4 Å². The number of carbonyl (C=O) groups excluding carboxylic acids is 1. The molecule has 2 aromatic heterocycles. The second-order valence-electron chi connectivity index (χ2n) is 10.2. The van der Waals surface area contributed by atoms with Crippen LogP contribution in [0.15, 0.2) is 66.3 Å². The normalized spacial score (nSPS) is 15.5. The molecular formula is C30H32F2N8OS. The van der Waals surface area contributed by atoms with Gasteiger partial charge >= 0.3 is 6.03 Å². The molecule has 1 aliphatic rings. The summed E-state index contributed by atoms with van der Waals surface area (Å²) >= 11 is 1.39. The number of carbonyl (C=O) groups is 1. The van der Waals surface area contributed by atoms with Gasteiger partial charge in [-0.25, -0.2) is 28.5 Å². The summed E-state index contributed by atoms with van der Waals surface area (Å²) < 4.78 is 27.8. The zero-order valence-electron chi connectivity index (χ0n) is 23.6. The number of amides is 2. The molecule has 218 valence electrons. The second kappa shape index (κ2) is 12.9. The molecule has 3 N–H and O–H groups in total. The monoisotopic (exact) mass is 590 g/mol. The number of halogens is 2. The number of urea groups is 1. The molecule has 1 aliphatic heterocycles. The first-order valence-electron chi connectivity index (χ1n) is 13.5. The number of allylic oxidation sites excluding steroid dienone is 1. The first-order chi connectivity index (χ1) is 20.3. The van der Waals surface area contributed by atoms with Gasteiger partial charge in [0.25, 0.3) is 0 Å². The first kappa shape index (κ1) is 28.9. The Morgan fingerprint density at radius 3 is 2.55 bits per heavy atom. The van der Waals surface area contributed by atoms with E-state index in [1.54, 1.807) is 23.4 Å². The molecule has 2 amide bonds. The molecular weight excluding hydrogens is 558 g/mol. The van der Waals surface area contributed by atoms with E-state index in [2.05, 4.69) is 25.9 Å². The number of thiazole rings is 1. The summed E-state index contributed by atoms with van der Waals surface area (Å²) in [7, 11) is 3.94. The number of nitrogens with zero attached hydrogens (tertiary/aromatic N) is 5. The van der Waals surface area contributed by atoms with E-state index in [0.29, 0.717) is 46.7 Å². The van der Waals surface area contributed by atoms with Crippen LogP contribution >= 0.6 is 11.3 Å². The van der Waals surface area contributed by atoms with E-state index < -0.39 is 11.6 Å². The molecule has 0 unspecified atom stereocenters. The third-order valence-corrected chi connectivity index (χ3v) is 7.65. The Labute approximate surface area is 247 Å². The minimum Gasteiger partial charge on any atom is -0.378 e. The maximum absolute atomic E-state index is 14.2. The third kappa shape index (κ3) is 7.00. The number of hydrogen-bond acceptors (Lipinski definition) is 8. The molecule has 0 spiro atoms. The lowest BCUT2D eigenvalue weighted by atomic mass is 10.0. The molecule has 9 nitrogen and oxygen atoms in total. The molecule has 42 heavy (non-hydrogen) atoms. The Kier molecular flexibility index (Phi) is 8.91. The van der Waals surface area contributed by atoms with Crippen molar-refractivity contribution in [3.05, 3.63) is 89.2 Å². The molecule has 1 atom stereocenters. The zero-order valence-corrected chi connectivity index (χ0v) is 24.4. The van der Waals surface area contributed by atoms with Gasteiger partial charge in [-0.2, -0.15) is 0 Å². The van der Waals surface area contributed by atoms with Crippen molar-refractivity contribution in [2.75, 3.05) is 48.0 Å². The Balaban J connectivity index is 1.31. The summed E-state index contributed by atoms with van der Waals surface area (Å²) in [5.74, 6) is -1.45. The molecule has 0 saturated carbocycles. The molecule has 3 heterocycles. The van der Waals surface area contributed by atoms with E-state index in [0.717, 1.165) is 36.3 Å². The lowest BCUT2D eigenvalue weighted by Gasteiger charge is -2.33. The lowest BCUT2D eigenvalue weighted by Crippen LogP contribution is -2.47. The number of piperidine rings is 1. The van der Waals surface area contributed by atoms with E-state index in [4.69, 9.17) is 4.98 Å². The van der Waals surface area contributed by atoms with Crippen LogP contribution in [0.2, 0.25) is 0 Å². The van der Waals surface area contributed by atoms with Gasteiger partial charge in [-0.05, 0) is 73.9 Å². The van der Waals surface area contributed by atoms with Crippen LogP contribution in [-0.2, 0) is 0 Å². The summed E-state index contributed by atoms with van der Waals surface area (Å²) in [6.45, 7) is 3.00. The summed E-state index contributed by atoms with van der Waals surface area (Å²) in [5, 5.41) is 12.0. The Morgan fingerprint density at radius 1 is 1.02 bits per heavy atom. The van der Waals surface area contributed by atoms with Crippen LogP contribution in [0.4, 0.5) is 36.0 Å².